The Morgan fingerprint density at radius 3 is 1.65 bits per heavy atom. The van der Waals surface area contributed by atoms with Gasteiger partial charge in [0.05, 0.1) is 20.6 Å². The molecule has 0 radical (unpaired) electrons. The average molecular weight is 346 g/mol. The van der Waals surface area contributed by atoms with Gasteiger partial charge in [-0.25, -0.2) is 0 Å². The minimum atomic E-state index is 0. The van der Waals surface area contributed by atoms with Gasteiger partial charge in [-0.2, -0.15) is 0 Å². The van der Waals surface area contributed by atoms with Crippen molar-refractivity contribution < 1.29 is 21.5 Å². The van der Waals surface area contributed by atoms with Crippen molar-refractivity contribution in [2.45, 2.75) is 78.1 Å². The van der Waals surface area contributed by atoms with Crippen LogP contribution in [-0.2, 0) is 0 Å². The van der Waals surface area contributed by atoms with Crippen molar-refractivity contribution in [3.8, 4) is 11.8 Å². The number of hydrogen-bond acceptors (Lipinski definition) is 0. The van der Waals surface area contributed by atoms with Crippen molar-refractivity contribution in [2.24, 2.45) is 0 Å². The average Bonchev–Trinajstić information content (AvgIpc) is 2.38. The number of quaternary nitrogens is 1. The third-order valence-electron chi connectivity index (χ3n) is 3.80. The Kier molecular flexibility index (Phi) is 17.1. The predicted octanol–water partition coefficient (Wildman–Crippen LogP) is 2.01. The fourth-order valence-corrected chi connectivity index (χ4v) is 2.40. The zero-order valence-corrected chi connectivity index (χ0v) is 15.9. The quantitative estimate of drug-likeness (QED) is 0.288. The van der Waals surface area contributed by atoms with Crippen molar-refractivity contribution >= 4 is 0 Å². The van der Waals surface area contributed by atoms with E-state index in [1.165, 1.54) is 70.8 Å². The van der Waals surface area contributed by atoms with E-state index in [4.69, 9.17) is 0 Å². The van der Waals surface area contributed by atoms with Crippen LogP contribution in [0, 0.1) is 11.8 Å². The Hall–Kier alpha value is 0. The van der Waals surface area contributed by atoms with E-state index in [9.17, 15) is 0 Å². The first-order valence-electron chi connectivity index (χ1n) is 8.34. The second-order valence-corrected chi connectivity index (χ2v) is 6.43. The molecule has 0 N–H and O–H groups in total. The predicted molar refractivity (Wildman–Crippen MR) is 87.1 cm³/mol. The molecule has 0 saturated heterocycles. The monoisotopic (exact) mass is 345 g/mol. The normalized spacial score (nSPS) is 10.6. The van der Waals surface area contributed by atoms with Crippen LogP contribution < -0.4 is 17.0 Å². The highest BCUT2D eigenvalue weighted by atomic mass is 79.9. The van der Waals surface area contributed by atoms with Crippen molar-refractivity contribution in [2.75, 3.05) is 27.2 Å². The molecular formula is C18H36BrN. The smallest absolute Gasteiger partial charge is 0.140 e. The van der Waals surface area contributed by atoms with Crippen LogP contribution in [0.15, 0.2) is 0 Å². The van der Waals surface area contributed by atoms with E-state index in [1.54, 1.807) is 0 Å². The van der Waals surface area contributed by atoms with Gasteiger partial charge in [0.2, 0.25) is 0 Å². The minimum absolute atomic E-state index is 0. The molecule has 0 unspecified atom stereocenters. The Labute approximate surface area is 138 Å². The minimum Gasteiger partial charge on any atom is -1.00 e. The van der Waals surface area contributed by atoms with Gasteiger partial charge in [0.25, 0.3) is 0 Å². The number of hydrogen-bond donors (Lipinski definition) is 0. The molecule has 1 nitrogen and oxygen atoms in total. The van der Waals surface area contributed by atoms with Crippen molar-refractivity contribution in [3.63, 3.8) is 0 Å². The molecule has 0 saturated carbocycles. The summed E-state index contributed by atoms with van der Waals surface area (Å²) in [6, 6.07) is 0. The van der Waals surface area contributed by atoms with Crippen molar-refractivity contribution in [1.29, 1.82) is 0 Å². The molecule has 2 heteroatoms. The summed E-state index contributed by atoms with van der Waals surface area (Å²) in [5.41, 5.74) is 0. The number of rotatable bonds is 12. The summed E-state index contributed by atoms with van der Waals surface area (Å²) < 4.78 is 1.05. The molecule has 0 atom stereocenters. The van der Waals surface area contributed by atoms with Crippen LogP contribution >= 0.6 is 0 Å². The van der Waals surface area contributed by atoms with E-state index in [0.29, 0.717) is 0 Å². The van der Waals surface area contributed by atoms with Crippen LogP contribution in [0.2, 0.25) is 0 Å². The summed E-state index contributed by atoms with van der Waals surface area (Å²) in [5.74, 6) is 6.19. The van der Waals surface area contributed by atoms with Gasteiger partial charge >= 0.3 is 0 Å². The van der Waals surface area contributed by atoms with Crippen molar-refractivity contribution in [3.05, 3.63) is 0 Å². The van der Waals surface area contributed by atoms with E-state index in [2.05, 4.69) is 32.9 Å². The van der Waals surface area contributed by atoms with Crippen LogP contribution in [0.1, 0.15) is 78.1 Å². The highest BCUT2D eigenvalue weighted by molar-refractivity contribution is 4.94. The maximum atomic E-state index is 3.20. The lowest BCUT2D eigenvalue weighted by molar-refractivity contribution is -0.883. The zero-order valence-electron chi connectivity index (χ0n) is 14.3. The standard InChI is InChI=1S/C18H36N.BrH/c1-5-7-9-10-11-12-13-14-15-16-18-19(3,4)17-8-6-2;/h5,7,9-18H2,1-4H3;1H/q+1;/p-1. The molecule has 0 aromatic rings. The lowest BCUT2D eigenvalue weighted by Crippen LogP contribution is -3.00. The van der Waals surface area contributed by atoms with Crippen LogP contribution in [-0.4, -0.2) is 31.7 Å². The summed E-state index contributed by atoms with van der Waals surface area (Å²) in [6.07, 6.45) is 14.2. The van der Waals surface area contributed by atoms with E-state index >= 15 is 0 Å². The van der Waals surface area contributed by atoms with Gasteiger partial charge in [-0.1, -0.05) is 58.3 Å². The Bertz CT molecular complexity index is 250. The molecule has 0 aromatic carbocycles. The molecule has 20 heavy (non-hydrogen) atoms. The number of nitrogens with zero attached hydrogens (tertiary/aromatic N) is 1. The fourth-order valence-electron chi connectivity index (χ4n) is 2.40. The SMILES string of the molecule is CC#CC[N+](C)(C)CCCCCCCCCCCC.[Br-]. The molecule has 0 bridgehead atoms. The lowest BCUT2D eigenvalue weighted by Gasteiger charge is -2.27. The van der Waals surface area contributed by atoms with Gasteiger partial charge in [-0.05, 0) is 25.7 Å². The van der Waals surface area contributed by atoms with Gasteiger partial charge in [-0.3, -0.25) is 0 Å². The lowest BCUT2D eigenvalue weighted by atomic mass is 10.1. The Morgan fingerprint density at radius 1 is 0.750 bits per heavy atom. The highest BCUT2D eigenvalue weighted by Gasteiger charge is 2.11. The van der Waals surface area contributed by atoms with Crippen LogP contribution in [0.5, 0.6) is 0 Å². The summed E-state index contributed by atoms with van der Waals surface area (Å²) in [7, 11) is 4.58. The summed E-state index contributed by atoms with van der Waals surface area (Å²) in [5, 5.41) is 0. The summed E-state index contributed by atoms with van der Waals surface area (Å²) in [6.45, 7) is 6.48. The fraction of sp³-hybridized carbons (Fsp3) is 0.889. The van der Waals surface area contributed by atoms with E-state index in [-0.39, 0.29) is 17.0 Å². The topological polar surface area (TPSA) is 0 Å². The highest BCUT2D eigenvalue weighted by Crippen LogP contribution is 2.11. The zero-order chi connectivity index (χ0) is 14.4. The van der Waals surface area contributed by atoms with Crippen LogP contribution in [0.25, 0.3) is 0 Å². The molecule has 0 aliphatic carbocycles. The van der Waals surface area contributed by atoms with Gasteiger partial charge in [0.15, 0.2) is 0 Å². The van der Waals surface area contributed by atoms with Gasteiger partial charge in [0.1, 0.15) is 6.54 Å². The van der Waals surface area contributed by atoms with E-state index < -0.39 is 0 Å². The number of halogens is 1. The maximum Gasteiger partial charge on any atom is 0.140 e. The molecule has 0 aliphatic rings. The first-order valence-corrected chi connectivity index (χ1v) is 8.34. The first-order chi connectivity index (χ1) is 9.12. The van der Waals surface area contributed by atoms with Gasteiger partial charge in [-0.15, -0.1) is 5.92 Å². The molecule has 0 amide bonds. The molecule has 0 rings (SSSR count). The van der Waals surface area contributed by atoms with Gasteiger partial charge < -0.3 is 21.5 Å². The van der Waals surface area contributed by atoms with Gasteiger partial charge in [0, 0.05) is 0 Å². The Morgan fingerprint density at radius 2 is 1.20 bits per heavy atom. The molecule has 0 aliphatic heterocycles. The maximum absolute atomic E-state index is 3.20. The van der Waals surface area contributed by atoms with E-state index in [1.807, 2.05) is 6.92 Å². The first kappa shape index (κ1) is 22.3. The molecule has 0 heterocycles. The van der Waals surface area contributed by atoms with Crippen LogP contribution in [0.3, 0.4) is 0 Å². The summed E-state index contributed by atoms with van der Waals surface area (Å²) >= 11 is 0. The molecule has 0 fully saturated rings. The molecule has 0 spiro atoms. The molecule has 120 valence electrons. The second-order valence-electron chi connectivity index (χ2n) is 6.43. The summed E-state index contributed by atoms with van der Waals surface area (Å²) in [4.78, 5) is 0. The number of unbranched alkanes of at least 4 members (excludes halogenated alkanes) is 9. The Balaban J connectivity index is 0. The molecular weight excluding hydrogens is 310 g/mol. The third-order valence-corrected chi connectivity index (χ3v) is 3.80. The third kappa shape index (κ3) is 16.1. The van der Waals surface area contributed by atoms with Crippen molar-refractivity contribution in [1.82, 2.24) is 0 Å². The second kappa shape index (κ2) is 15.4. The molecule has 0 aromatic heterocycles. The largest absolute Gasteiger partial charge is 1.00 e. The van der Waals surface area contributed by atoms with Crippen LogP contribution in [0.4, 0.5) is 0 Å². The van der Waals surface area contributed by atoms with E-state index in [0.717, 1.165) is 11.0 Å².